The Morgan fingerprint density at radius 2 is 1.56 bits per heavy atom. The van der Waals surface area contributed by atoms with Crippen LogP contribution in [0.2, 0.25) is 10.0 Å². The van der Waals surface area contributed by atoms with E-state index in [4.69, 9.17) is 37.1 Å². The van der Waals surface area contributed by atoms with Gasteiger partial charge in [-0.25, -0.2) is 0 Å². The molecule has 220 valence electrons. The monoisotopic (exact) mass is 652 g/mol. The number of hydrogen-bond acceptors (Lipinski definition) is 7. The molecule has 11 heteroatoms. The van der Waals surface area contributed by atoms with E-state index in [1.54, 1.807) is 24.0 Å². The van der Waals surface area contributed by atoms with E-state index in [1.807, 2.05) is 60.7 Å². The van der Waals surface area contributed by atoms with E-state index in [0.29, 0.717) is 33.7 Å². The Morgan fingerprint density at radius 1 is 0.907 bits per heavy atom. The number of amidine groups is 1. The normalized spacial score (nSPS) is 15.3. The number of aliphatic imine (C=N–C) groups is 1. The first-order valence-corrected chi connectivity index (χ1v) is 16.2. The Hall–Kier alpha value is -3.76. The van der Waals surface area contributed by atoms with Crippen LogP contribution in [0.1, 0.15) is 23.6 Å². The molecule has 7 nitrogen and oxygen atoms in total. The van der Waals surface area contributed by atoms with Gasteiger partial charge >= 0.3 is 10.1 Å². The molecule has 0 aromatic heterocycles. The molecule has 5 rings (SSSR count). The number of halogens is 2. The highest BCUT2D eigenvalue weighted by Crippen LogP contribution is 2.41. The van der Waals surface area contributed by atoms with Gasteiger partial charge in [0.25, 0.3) is 5.91 Å². The molecule has 1 fully saturated rings. The van der Waals surface area contributed by atoms with Crippen molar-refractivity contribution >= 4 is 62.2 Å². The lowest BCUT2D eigenvalue weighted by molar-refractivity contribution is -0.122. The second-order valence-corrected chi connectivity index (χ2v) is 12.7. The zero-order valence-electron chi connectivity index (χ0n) is 22.9. The lowest BCUT2D eigenvalue weighted by Gasteiger charge is -2.16. The topological polar surface area (TPSA) is 85.3 Å². The van der Waals surface area contributed by atoms with Crippen LogP contribution in [0.25, 0.3) is 6.08 Å². The molecular weight excluding hydrogens is 627 g/mol. The van der Waals surface area contributed by atoms with Crippen LogP contribution in [-0.2, 0) is 28.0 Å². The third-order valence-corrected chi connectivity index (χ3v) is 9.05. The van der Waals surface area contributed by atoms with Crippen molar-refractivity contribution in [1.82, 2.24) is 4.90 Å². The molecule has 0 saturated carbocycles. The Labute approximate surface area is 264 Å². The van der Waals surface area contributed by atoms with Crippen molar-refractivity contribution in [2.45, 2.75) is 24.9 Å². The fraction of sp³-hybridized carbons (Fsp3) is 0.125. The molecule has 0 aliphatic carbocycles. The second-order valence-electron chi connectivity index (χ2n) is 9.33. The first-order chi connectivity index (χ1) is 20.7. The van der Waals surface area contributed by atoms with Gasteiger partial charge in [-0.05, 0) is 77.9 Å². The van der Waals surface area contributed by atoms with Gasteiger partial charge in [0.2, 0.25) is 5.75 Å². The average Bonchev–Trinajstić information content (AvgIpc) is 3.28. The van der Waals surface area contributed by atoms with Crippen molar-refractivity contribution in [2.75, 3.05) is 6.61 Å². The maximum absolute atomic E-state index is 13.6. The Balaban J connectivity index is 1.46. The van der Waals surface area contributed by atoms with Crippen molar-refractivity contribution in [3.8, 4) is 11.5 Å². The third kappa shape index (κ3) is 7.61. The van der Waals surface area contributed by atoms with Crippen LogP contribution < -0.4 is 8.92 Å². The van der Waals surface area contributed by atoms with Gasteiger partial charge in [-0.15, -0.1) is 0 Å². The minimum Gasteiger partial charge on any atom is -0.490 e. The Bertz CT molecular complexity index is 1780. The quantitative estimate of drug-likeness (QED) is 0.128. The summed E-state index contributed by atoms with van der Waals surface area (Å²) in [6.45, 7) is 2.76. The highest BCUT2D eigenvalue weighted by molar-refractivity contribution is 8.18. The van der Waals surface area contributed by atoms with Gasteiger partial charge in [0.15, 0.2) is 10.9 Å². The highest BCUT2D eigenvalue weighted by Gasteiger charge is 2.33. The van der Waals surface area contributed by atoms with Gasteiger partial charge in [0.05, 0.1) is 29.6 Å². The van der Waals surface area contributed by atoms with E-state index in [9.17, 15) is 13.2 Å². The van der Waals surface area contributed by atoms with Crippen molar-refractivity contribution in [2.24, 2.45) is 4.99 Å². The molecule has 0 radical (unpaired) electrons. The SMILES string of the molecule is CCOc1cc(/C=C2/SC(=NCc3ccccc3)N(Cc3ccccc3)C2=O)cc(Cl)c1OS(=O)(=O)c1ccc(Cl)cc1. The van der Waals surface area contributed by atoms with Crippen LogP contribution in [0.4, 0.5) is 0 Å². The Morgan fingerprint density at radius 3 is 2.21 bits per heavy atom. The summed E-state index contributed by atoms with van der Waals surface area (Å²) in [5, 5.41) is 0.971. The summed E-state index contributed by atoms with van der Waals surface area (Å²) < 4.78 is 37.0. The van der Waals surface area contributed by atoms with Crippen molar-refractivity contribution < 1.29 is 22.1 Å². The summed E-state index contributed by atoms with van der Waals surface area (Å²) >= 11 is 13.7. The summed E-state index contributed by atoms with van der Waals surface area (Å²) in [5.41, 5.74) is 2.53. The summed E-state index contributed by atoms with van der Waals surface area (Å²) in [6.07, 6.45) is 1.68. The van der Waals surface area contributed by atoms with Gasteiger partial charge in [-0.3, -0.25) is 14.7 Å². The van der Waals surface area contributed by atoms with Crippen LogP contribution in [0.15, 0.2) is 112 Å². The number of nitrogens with zero attached hydrogens (tertiary/aromatic N) is 2. The lowest BCUT2D eigenvalue weighted by atomic mass is 10.1. The number of amides is 1. The first kappa shape index (κ1) is 30.7. The second kappa shape index (κ2) is 13.7. The van der Waals surface area contributed by atoms with Gasteiger partial charge in [-0.1, -0.05) is 83.9 Å². The van der Waals surface area contributed by atoms with E-state index < -0.39 is 10.1 Å². The third-order valence-electron chi connectivity index (χ3n) is 6.24. The molecule has 1 aliphatic rings. The number of hydrogen-bond donors (Lipinski definition) is 0. The Kier molecular flexibility index (Phi) is 9.77. The van der Waals surface area contributed by atoms with Crippen molar-refractivity contribution in [3.05, 3.63) is 129 Å². The molecule has 0 unspecified atom stereocenters. The van der Waals surface area contributed by atoms with Crippen molar-refractivity contribution in [3.63, 3.8) is 0 Å². The molecule has 1 aliphatic heterocycles. The number of carbonyl (C=O) groups excluding carboxylic acids is 1. The van der Waals surface area contributed by atoms with Crippen LogP contribution in [0.3, 0.4) is 0 Å². The molecule has 4 aromatic carbocycles. The number of carbonyl (C=O) groups is 1. The van der Waals surface area contributed by atoms with Gasteiger partial charge in [-0.2, -0.15) is 8.42 Å². The first-order valence-electron chi connectivity index (χ1n) is 13.2. The maximum atomic E-state index is 13.6. The minimum atomic E-state index is -4.23. The van der Waals surface area contributed by atoms with Gasteiger partial charge < -0.3 is 8.92 Å². The molecular formula is C32H26Cl2N2O5S2. The molecule has 0 bridgehead atoms. The number of thioether (sulfide) groups is 1. The van der Waals surface area contributed by atoms with Gasteiger partial charge in [0, 0.05) is 5.02 Å². The molecule has 0 atom stereocenters. The van der Waals surface area contributed by atoms with Crippen molar-refractivity contribution in [1.29, 1.82) is 0 Å². The largest absolute Gasteiger partial charge is 0.490 e. The summed E-state index contributed by atoms with van der Waals surface area (Å²) in [7, 11) is -4.23. The highest BCUT2D eigenvalue weighted by atomic mass is 35.5. The van der Waals surface area contributed by atoms with E-state index in [1.165, 1.54) is 42.1 Å². The van der Waals surface area contributed by atoms with E-state index >= 15 is 0 Å². The van der Waals surface area contributed by atoms with Crippen LogP contribution in [0.5, 0.6) is 11.5 Å². The standard InChI is InChI=1S/C32H26Cl2N2O5S2/c1-2-40-28-18-24(17-27(34)30(28)41-43(38,39)26-15-13-25(33)14-16-26)19-29-31(37)36(21-23-11-7-4-8-12-23)32(42-29)35-20-22-9-5-3-6-10-22/h3-19H,2,20-21H2,1H3/b29-19+,35-32?. The molecule has 0 spiro atoms. The summed E-state index contributed by atoms with van der Waals surface area (Å²) in [6, 6.07) is 28.2. The molecule has 43 heavy (non-hydrogen) atoms. The predicted octanol–water partition coefficient (Wildman–Crippen LogP) is 7.83. The van der Waals surface area contributed by atoms with Crippen LogP contribution in [-0.4, -0.2) is 31.0 Å². The number of rotatable bonds is 10. The van der Waals surface area contributed by atoms with Crippen LogP contribution in [0, 0.1) is 0 Å². The lowest BCUT2D eigenvalue weighted by Crippen LogP contribution is -2.28. The fourth-order valence-corrected chi connectivity index (χ4v) is 6.56. The minimum absolute atomic E-state index is 0.00453. The molecule has 1 amide bonds. The molecule has 1 saturated heterocycles. The molecule has 4 aromatic rings. The van der Waals surface area contributed by atoms with Gasteiger partial charge in [0.1, 0.15) is 4.90 Å². The number of ether oxygens (including phenoxy) is 1. The fourth-order valence-electron chi connectivity index (χ4n) is 4.20. The average molecular weight is 654 g/mol. The van der Waals surface area contributed by atoms with Crippen LogP contribution >= 0.6 is 35.0 Å². The summed E-state index contributed by atoms with van der Waals surface area (Å²) in [5.74, 6) is -0.240. The van der Waals surface area contributed by atoms with E-state index in [0.717, 1.165) is 11.1 Å². The molecule has 0 N–H and O–H groups in total. The smallest absolute Gasteiger partial charge is 0.339 e. The predicted molar refractivity (Wildman–Crippen MR) is 172 cm³/mol. The summed E-state index contributed by atoms with van der Waals surface area (Å²) in [4.78, 5) is 20.4. The maximum Gasteiger partial charge on any atom is 0.339 e. The zero-order valence-corrected chi connectivity index (χ0v) is 26.1. The molecule has 1 heterocycles. The van der Waals surface area contributed by atoms with E-state index in [2.05, 4.69) is 0 Å². The van der Waals surface area contributed by atoms with E-state index in [-0.39, 0.29) is 33.9 Å². The zero-order chi connectivity index (χ0) is 30.4. The number of benzene rings is 4.